The second kappa shape index (κ2) is 5.90. The molecule has 0 aromatic heterocycles. The smallest absolute Gasteiger partial charge is 0.329 e. The predicted molar refractivity (Wildman–Crippen MR) is 68.7 cm³/mol. The van der Waals surface area contributed by atoms with Crippen LogP contribution in [-0.4, -0.2) is 65.0 Å². The number of piperazine rings is 1. The summed E-state index contributed by atoms with van der Waals surface area (Å²) in [5.41, 5.74) is -1.29. The Balaban J connectivity index is 2.68. The van der Waals surface area contributed by atoms with Crippen LogP contribution in [0, 0.1) is 0 Å². The highest BCUT2D eigenvalue weighted by Crippen LogP contribution is 2.14. The normalized spacial score (nSPS) is 19.0. The third-order valence-electron chi connectivity index (χ3n) is 3.35. The molecule has 1 atom stereocenters. The SMILES string of the molecule is CCCC(C)(NC(=O)N1CCN(C)C(=O)C1)C(=O)O. The molecule has 0 aromatic carbocycles. The quantitative estimate of drug-likeness (QED) is 0.759. The molecule has 1 fully saturated rings. The second-order valence-electron chi connectivity index (χ2n) is 5.05. The van der Waals surface area contributed by atoms with E-state index in [1.165, 1.54) is 11.8 Å². The first kappa shape index (κ1) is 15.3. The van der Waals surface area contributed by atoms with Crippen molar-refractivity contribution in [2.75, 3.05) is 26.7 Å². The van der Waals surface area contributed by atoms with E-state index in [4.69, 9.17) is 0 Å². The molecular weight excluding hydrogens is 250 g/mol. The molecule has 0 bridgehead atoms. The number of rotatable bonds is 4. The van der Waals surface area contributed by atoms with Gasteiger partial charge in [-0.15, -0.1) is 0 Å². The number of amides is 3. The molecule has 1 aliphatic rings. The molecule has 7 nitrogen and oxygen atoms in total. The zero-order valence-corrected chi connectivity index (χ0v) is 11.6. The van der Waals surface area contributed by atoms with Gasteiger partial charge in [-0.05, 0) is 13.3 Å². The van der Waals surface area contributed by atoms with E-state index in [-0.39, 0.29) is 12.5 Å². The Bertz CT molecular complexity index is 385. The number of nitrogens with zero attached hydrogens (tertiary/aromatic N) is 2. The average Bonchev–Trinajstić information content (AvgIpc) is 2.32. The molecule has 0 aromatic rings. The van der Waals surface area contributed by atoms with Gasteiger partial charge in [-0.25, -0.2) is 9.59 Å². The zero-order valence-electron chi connectivity index (χ0n) is 11.6. The minimum absolute atomic E-state index is 0.00976. The van der Waals surface area contributed by atoms with Gasteiger partial charge in [0.15, 0.2) is 0 Å². The second-order valence-corrected chi connectivity index (χ2v) is 5.05. The summed E-state index contributed by atoms with van der Waals surface area (Å²) in [6.07, 6.45) is 0.987. The first-order chi connectivity index (χ1) is 8.80. The molecule has 2 N–H and O–H groups in total. The van der Waals surface area contributed by atoms with Gasteiger partial charge < -0.3 is 20.2 Å². The summed E-state index contributed by atoms with van der Waals surface area (Å²) >= 11 is 0. The highest BCUT2D eigenvalue weighted by molar-refractivity contribution is 5.89. The predicted octanol–water partition coefficient (Wildman–Crippen LogP) is 0.113. The summed E-state index contributed by atoms with van der Waals surface area (Å²) in [5, 5.41) is 11.7. The van der Waals surface area contributed by atoms with Gasteiger partial charge in [0.05, 0.1) is 0 Å². The van der Waals surface area contributed by atoms with Crippen molar-refractivity contribution >= 4 is 17.9 Å². The molecule has 1 aliphatic heterocycles. The molecule has 1 heterocycles. The first-order valence-corrected chi connectivity index (χ1v) is 6.34. The molecule has 108 valence electrons. The van der Waals surface area contributed by atoms with E-state index in [2.05, 4.69) is 5.32 Å². The molecule has 1 rings (SSSR count). The zero-order chi connectivity index (χ0) is 14.6. The van der Waals surface area contributed by atoms with E-state index in [9.17, 15) is 19.5 Å². The third kappa shape index (κ3) is 3.59. The first-order valence-electron chi connectivity index (χ1n) is 6.34. The number of likely N-dealkylation sites (N-methyl/N-ethyl adjacent to an activating group) is 1. The molecule has 3 amide bonds. The fraction of sp³-hybridized carbons (Fsp3) is 0.750. The van der Waals surface area contributed by atoms with Gasteiger partial charge in [0.2, 0.25) is 5.91 Å². The van der Waals surface area contributed by atoms with Gasteiger partial charge in [-0.3, -0.25) is 4.79 Å². The van der Waals surface area contributed by atoms with Crippen LogP contribution in [0.1, 0.15) is 26.7 Å². The van der Waals surface area contributed by atoms with Crippen molar-refractivity contribution in [2.45, 2.75) is 32.2 Å². The van der Waals surface area contributed by atoms with Crippen molar-refractivity contribution in [1.82, 2.24) is 15.1 Å². The molecular formula is C12H21N3O4. The average molecular weight is 271 g/mol. The van der Waals surface area contributed by atoms with Crippen LogP contribution in [0.2, 0.25) is 0 Å². The number of urea groups is 1. The van der Waals surface area contributed by atoms with Gasteiger partial charge in [0.25, 0.3) is 0 Å². The lowest BCUT2D eigenvalue weighted by atomic mass is 9.96. The van der Waals surface area contributed by atoms with E-state index in [1.807, 2.05) is 6.92 Å². The summed E-state index contributed by atoms with van der Waals surface area (Å²) in [4.78, 5) is 37.7. The minimum atomic E-state index is -1.29. The Kier molecular flexibility index (Phi) is 4.74. The number of carboxylic acids is 1. The van der Waals surface area contributed by atoms with Crippen molar-refractivity contribution in [3.05, 3.63) is 0 Å². The summed E-state index contributed by atoms with van der Waals surface area (Å²) in [6, 6.07) is -0.500. The molecule has 0 aliphatic carbocycles. The number of hydrogen-bond donors (Lipinski definition) is 2. The van der Waals surface area contributed by atoms with Crippen LogP contribution in [0.3, 0.4) is 0 Å². The van der Waals surface area contributed by atoms with Crippen molar-refractivity contribution < 1.29 is 19.5 Å². The maximum Gasteiger partial charge on any atom is 0.329 e. The van der Waals surface area contributed by atoms with Gasteiger partial charge in [-0.2, -0.15) is 0 Å². The molecule has 0 radical (unpaired) electrons. The van der Waals surface area contributed by atoms with E-state index in [1.54, 1.807) is 11.9 Å². The molecule has 1 unspecified atom stereocenters. The van der Waals surface area contributed by atoms with E-state index < -0.39 is 17.5 Å². The van der Waals surface area contributed by atoms with E-state index in [0.29, 0.717) is 25.9 Å². The molecule has 19 heavy (non-hydrogen) atoms. The Hall–Kier alpha value is -1.79. The van der Waals surface area contributed by atoms with Crippen LogP contribution in [0.25, 0.3) is 0 Å². The highest BCUT2D eigenvalue weighted by Gasteiger charge is 2.36. The van der Waals surface area contributed by atoms with Gasteiger partial charge >= 0.3 is 12.0 Å². The maximum atomic E-state index is 12.0. The van der Waals surface area contributed by atoms with Crippen LogP contribution >= 0.6 is 0 Å². The highest BCUT2D eigenvalue weighted by atomic mass is 16.4. The van der Waals surface area contributed by atoms with Crippen LogP contribution in [0.5, 0.6) is 0 Å². The molecule has 0 saturated carbocycles. The molecule has 1 saturated heterocycles. The number of carbonyl (C=O) groups excluding carboxylic acids is 2. The van der Waals surface area contributed by atoms with Gasteiger partial charge in [-0.1, -0.05) is 13.3 Å². The minimum Gasteiger partial charge on any atom is -0.480 e. The lowest BCUT2D eigenvalue weighted by Gasteiger charge is -2.35. The monoisotopic (exact) mass is 271 g/mol. The van der Waals surface area contributed by atoms with Crippen molar-refractivity contribution in [3.63, 3.8) is 0 Å². The summed E-state index contributed by atoms with van der Waals surface area (Å²) in [7, 11) is 1.68. The summed E-state index contributed by atoms with van der Waals surface area (Å²) in [5.74, 6) is -1.21. The lowest BCUT2D eigenvalue weighted by molar-refractivity contribution is -0.144. The molecule has 0 spiro atoms. The van der Waals surface area contributed by atoms with Crippen molar-refractivity contribution in [2.24, 2.45) is 0 Å². The number of carboxylic acid groups (broad SMARTS) is 1. The standard InChI is InChI=1S/C12H21N3O4/c1-4-5-12(2,10(17)18)13-11(19)15-7-6-14(3)9(16)8-15/h4-8H2,1-3H3,(H,13,19)(H,17,18). The number of hydrogen-bond acceptors (Lipinski definition) is 3. The fourth-order valence-electron chi connectivity index (χ4n) is 1.97. The molecule has 7 heteroatoms. The van der Waals surface area contributed by atoms with Crippen LogP contribution in [0.15, 0.2) is 0 Å². The Morgan fingerprint density at radius 1 is 1.42 bits per heavy atom. The number of carbonyl (C=O) groups is 3. The van der Waals surface area contributed by atoms with Crippen molar-refractivity contribution in [1.29, 1.82) is 0 Å². The number of aliphatic carboxylic acids is 1. The van der Waals surface area contributed by atoms with Crippen LogP contribution in [0.4, 0.5) is 4.79 Å². The van der Waals surface area contributed by atoms with Crippen molar-refractivity contribution in [3.8, 4) is 0 Å². The Morgan fingerprint density at radius 3 is 2.53 bits per heavy atom. The van der Waals surface area contributed by atoms with Crippen LogP contribution < -0.4 is 5.32 Å². The van der Waals surface area contributed by atoms with Gasteiger partial charge in [0, 0.05) is 20.1 Å². The number of nitrogens with one attached hydrogen (secondary N) is 1. The topological polar surface area (TPSA) is 90.0 Å². The Morgan fingerprint density at radius 2 is 2.05 bits per heavy atom. The maximum absolute atomic E-state index is 12.0. The fourth-order valence-corrected chi connectivity index (χ4v) is 1.97. The Labute approximate surface area is 112 Å². The summed E-state index contributed by atoms with van der Waals surface area (Å²) in [6.45, 7) is 4.20. The third-order valence-corrected chi connectivity index (χ3v) is 3.35. The largest absolute Gasteiger partial charge is 0.480 e. The lowest BCUT2D eigenvalue weighted by Crippen LogP contribution is -2.59. The van der Waals surface area contributed by atoms with E-state index in [0.717, 1.165) is 0 Å². The van der Waals surface area contributed by atoms with E-state index >= 15 is 0 Å². The van der Waals surface area contributed by atoms with Gasteiger partial charge in [0.1, 0.15) is 12.1 Å². The van der Waals surface area contributed by atoms with Crippen LogP contribution in [-0.2, 0) is 9.59 Å². The summed E-state index contributed by atoms with van der Waals surface area (Å²) < 4.78 is 0.